The first kappa shape index (κ1) is 21.3. The monoisotopic (exact) mass is 443 g/mol. The van der Waals surface area contributed by atoms with E-state index in [0.29, 0.717) is 17.0 Å². The molecule has 32 heavy (non-hydrogen) atoms. The number of carbonyl (C=O) groups excluding carboxylic acids is 2. The molecule has 0 bridgehead atoms. The third-order valence-electron chi connectivity index (χ3n) is 4.57. The van der Waals surface area contributed by atoms with Crippen LogP contribution in [0.4, 0.5) is 0 Å². The summed E-state index contributed by atoms with van der Waals surface area (Å²) >= 11 is 1.44. The Balaban J connectivity index is 1.43. The summed E-state index contributed by atoms with van der Waals surface area (Å²) < 4.78 is 1.66. The maximum absolute atomic E-state index is 12.9. The van der Waals surface area contributed by atoms with Crippen LogP contribution in [-0.2, 0) is 10.5 Å². The van der Waals surface area contributed by atoms with Crippen LogP contribution < -0.4 is 10.9 Å². The van der Waals surface area contributed by atoms with Gasteiger partial charge in [-0.25, -0.2) is 4.68 Å². The number of nitrogens with one attached hydrogen (secondary N) is 2. The van der Waals surface area contributed by atoms with Gasteiger partial charge in [-0.3, -0.25) is 25.4 Å². The molecular formula is C24H21N5O2S. The van der Waals surface area contributed by atoms with Crippen LogP contribution in [0.3, 0.4) is 0 Å². The minimum Gasteiger partial charge on any atom is -0.272 e. The summed E-state index contributed by atoms with van der Waals surface area (Å²) in [5, 5.41) is 4.62. The van der Waals surface area contributed by atoms with E-state index in [1.807, 2.05) is 72.8 Å². The molecule has 2 amide bonds. The number of nitrogens with zero attached hydrogens (tertiary/aromatic N) is 3. The second-order valence-corrected chi connectivity index (χ2v) is 7.88. The van der Waals surface area contributed by atoms with Gasteiger partial charge in [-0.2, -0.15) is 5.10 Å². The van der Waals surface area contributed by atoms with Crippen molar-refractivity contribution in [2.24, 2.45) is 0 Å². The van der Waals surface area contributed by atoms with Crippen LogP contribution in [0.5, 0.6) is 0 Å². The third-order valence-corrected chi connectivity index (χ3v) is 5.57. The quantitative estimate of drug-likeness (QED) is 0.426. The van der Waals surface area contributed by atoms with Gasteiger partial charge in [0.2, 0.25) is 5.91 Å². The lowest BCUT2D eigenvalue weighted by Crippen LogP contribution is -2.42. The summed E-state index contributed by atoms with van der Waals surface area (Å²) in [7, 11) is 0. The minimum absolute atomic E-state index is 0.212. The summed E-state index contributed by atoms with van der Waals surface area (Å²) in [4.78, 5) is 29.1. The molecule has 0 unspecified atom stereocenters. The van der Waals surface area contributed by atoms with Gasteiger partial charge in [0.1, 0.15) is 5.69 Å². The number of para-hydroxylation sites is 1. The van der Waals surface area contributed by atoms with Crippen LogP contribution in [0, 0.1) is 0 Å². The molecule has 0 atom stereocenters. The largest absolute Gasteiger partial charge is 0.273 e. The number of hydrazine groups is 1. The molecule has 0 fully saturated rings. The Morgan fingerprint density at radius 3 is 2.38 bits per heavy atom. The molecule has 4 aromatic rings. The molecule has 2 N–H and O–H groups in total. The summed E-state index contributed by atoms with van der Waals surface area (Å²) in [6.45, 7) is 0. The lowest BCUT2D eigenvalue weighted by Gasteiger charge is -2.07. The highest BCUT2D eigenvalue weighted by Crippen LogP contribution is 2.23. The van der Waals surface area contributed by atoms with E-state index < -0.39 is 5.91 Å². The van der Waals surface area contributed by atoms with Gasteiger partial charge in [-0.1, -0.05) is 54.6 Å². The van der Waals surface area contributed by atoms with Crippen LogP contribution in [-0.4, -0.2) is 32.3 Å². The number of hydrogen-bond acceptors (Lipinski definition) is 5. The SMILES string of the molecule is O=C(CSCc1cccnc1)NNC(=O)c1cn(-c2ccccc2)nc1-c1ccccc1. The van der Waals surface area contributed by atoms with Crippen LogP contribution in [0.15, 0.2) is 91.4 Å². The molecule has 0 saturated carbocycles. The molecule has 0 aliphatic rings. The molecule has 0 radical (unpaired) electrons. The number of pyridine rings is 1. The first-order valence-electron chi connectivity index (χ1n) is 9.97. The van der Waals surface area contributed by atoms with Crippen molar-refractivity contribution in [1.82, 2.24) is 25.6 Å². The summed E-state index contributed by atoms with van der Waals surface area (Å²) in [6.07, 6.45) is 5.14. The molecular weight excluding hydrogens is 422 g/mol. The molecule has 0 aliphatic carbocycles. The number of benzene rings is 2. The molecule has 2 aromatic heterocycles. The fourth-order valence-corrected chi connectivity index (χ4v) is 3.80. The molecule has 2 aromatic carbocycles. The summed E-state index contributed by atoms with van der Waals surface area (Å²) in [5.41, 5.74) is 8.57. The molecule has 0 spiro atoms. The minimum atomic E-state index is -0.434. The second-order valence-electron chi connectivity index (χ2n) is 6.89. The number of carbonyl (C=O) groups is 2. The van der Waals surface area contributed by atoms with E-state index in [0.717, 1.165) is 16.8 Å². The summed E-state index contributed by atoms with van der Waals surface area (Å²) in [6, 6.07) is 22.8. The van der Waals surface area contributed by atoms with Crippen molar-refractivity contribution in [2.45, 2.75) is 5.75 Å². The van der Waals surface area contributed by atoms with E-state index in [9.17, 15) is 9.59 Å². The van der Waals surface area contributed by atoms with Crippen LogP contribution in [0.2, 0.25) is 0 Å². The van der Waals surface area contributed by atoms with E-state index in [1.165, 1.54) is 11.8 Å². The zero-order valence-electron chi connectivity index (χ0n) is 17.1. The van der Waals surface area contributed by atoms with Crippen molar-refractivity contribution in [1.29, 1.82) is 0 Å². The fourth-order valence-electron chi connectivity index (χ4n) is 3.04. The Morgan fingerprint density at radius 1 is 0.906 bits per heavy atom. The molecule has 160 valence electrons. The van der Waals surface area contributed by atoms with Gasteiger partial charge >= 0.3 is 0 Å². The average molecular weight is 444 g/mol. The number of amides is 2. The zero-order valence-corrected chi connectivity index (χ0v) is 18.0. The van der Waals surface area contributed by atoms with E-state index in [2.05, 4.69) is 20.9 Å². The first-order chi connectivity index (χ1) is 15.7. The lowest BCUT2D eigenvalue weighted by molar-refractivity contribution is -0.119. The van der Waals surface area contributed by atoms with Crippen molar-refractivity contribution < 1.29 is 9.59 Å². The van der Waals surface area contributed by atoms with Crippen molar-refractivity contribution in [2.75, 3.05) is 5.75 Å². The molecule has 2 heterocycles. The van der Waals surface area contributed by atoms with Crippen molar-refractivity contribution >= 4 is 23.6 Å². The van der Waals surface area contributed by atoms with Crippen LogP contribution >= 0.6 is 11.8 Å². The van der Waals surface area contributed by atoms with Crippen molar-refractivity contribution in [3.63, 3.8) is 0 Å². The molecule has 0 aliphatic heterocycles. The first-order valence-corrected chi connectivity index (χ1v) is 11.1. The Labute approximate surface area is 189 Å². The maximum atomic E-state index is 12.9. The highest BCUT2D eigenvalue weighted by atomic mass is 32.2. The topological polar surface area (TPSA) is 88.9 Å². The van der Waals surface area contributed by atoms with Crippen molar-refractivity contribution in [3.05, 3.63) is 103 Å². The Hall–Kier alpha value is -3.91. The Bertz CT molecular complexity index is 1180. The van der Waals surface area contributed by atoms with Crippen LogP contribution in [0.1, 0.15) is 15.9 Å². The Morgan fingerprint density at radius 2 is 1.66 bits per heavy atom. The predicted molar refractivity (Wildman–Crippen MR) is 125 cm³/mol. The normalized spacial score (nSPS) is 10.5. The average Bonchev–Trinajstić information content (AvgIpc) is 3.30. The third kappa shape index (κ3) is 5.41. The van der Waals surface area contributed by atoms with E-state index in [4.69, 9.17) is 0 Å². The number of thioether (sulfide) groups is 1. The zero-order chi connectivity index (χ0) is 22.2. The predicted octanol–water partition coefficient (Wildman–Crippen LogP) is 3.63. The van der Waals surface area contributed by atoms with Gasteiger partial charge in [-0.15, -0.1) is 11.8 Å². The van der Waals surface area contributed by atoms with Gasteiger partial charge < -0.3 is 0 Å². The lowest BCUT2D eigenvalue weighted by atomic mass is 10.1. The summed E-state index contributed by atoms with van der Waals surface area (Å²) in [5.74, 6) is 0.155. The fraction of sp³-hybridized carbons (Fsp3) is 0.0833. The number of hydrogen-bond donors (Lipinski definition) is 2. The van der Waals surface area contributed by atoms with Gasteiger partial charge in [0.05, 0.1) is 17.0 Å². The molecule has 0 saturated heterocycles. The molecule has 7 nitrogen and oxygen atoms in total. The molecule has 4 rings (SSSR count). The van der Waals surface area contributed by atoms with Gasteiger partial charge in [0.25, 0.3) is 5.91 Å². The van der Waals surface area contributed by atoms with E-state index in [1.54, 1.807) is 23.3 Å². The number of rotatable bonds is 7. The van der Waals surface area contributed by atoms with Gasteiger partial charge in [0, 0.05) is 29.9 Å². The number of aromatic nitrogens is 3. The van der Waals surface area contributed by atoms with Crippen LogP contribution in [0.25, 0.3) is 16.9 Å². The van der Waals surface area contributed by atoms with Crippen molar-refractivity contribution in [3.8, 4) is 16.9 Å². The van der Waals surface area contributed by atoms with E-state index >= 15 is 0 Å². The van der Waals surface area contributed by atoms with Gasteiger partial charge in [0.15, 0.2) is 0 Å². The maximum Gasteiger partial charge on any atom is 0.273 e. The second kappa shape index (κ2) is 10.4. The smallest absolute Gasteiger partial charge is 0.272 e. The van der Waals surface area contributed by atoms with E-state index in [-0.39, 0.29) is 11.7 Å². The van der Waals surface area contributed by atoms with Gasteiger partial charge in [-0.05, 0) is 23.8 Å². The standard InChI is InChI=1S/C24H21N5O2S/c30-22(17-32-16-18-8-7-13-25-14-18)26-27-24(31)21-15-29(20-11-5-2-6-12-20)28-23(21)19-9-3-1-4-10-19/h1-15H,16-17H2,(H,26,30)(H,27,31). The molecule has 8 heteroatoms. The highest BCUT2D eigenvalue weighted by molar-refractivity contribution is 7.99. The Kier molecular flexibility index (Phi) is 6.94. The highest BCUT2D eigenvalue weighted by Gasteiger charge is 2.19.